The molecule has 0 aromatic carbocycles. The third-order valence-electron chi connectivity index (χ3n) is 2.65. The van der Waals surface area contributed by atoms with Crippen molar-refractivity contribution in [1.29, 1.82) is 0 Å². The molecule has 1 atom stereocenters. The number of hydrazine groups is 1. The van der Waals surface area contributed by atoms with Gasteiger partial charge in [-0.15, -0.1) is 11.3 Å². The molecule has 3 N–H and O–H groups in total. The predicted octanol–water partition coefficient (Wildman–Crippen LogP) is 2.05. The molecule has 1 heterocycles. The van der Waals surface area contributed by atoms with E-state index in [1.54, 1.807) is 11.3 Å². The molecule has 2 rings (SSSR count). The molecule has 66 valence electrons. The van der Waals surface area contributed by atoms with Gasteiger partial charge < -0.3 is 0 Å². The van der Waals surface area contributed by atoms with Crippen LogP contribution >= 0.6 is 11.3 Å². The molecule has 0 saturated heterocycles. The molecule has 2 nitrogen and oxygen atoms in total. The van der Waals surface area contributed by atoms with Gasteiger partial charge in [0.05, 0.1) is 6.04 Å². The van der Waals surface area contributed by atoms with Crippen LogP contribution in [0.3, 0.4) is 0 Å². The standard InChI is InChI=1S/C9H14N2S/c10-11-9(7-3-1-4-7)8-5-2-6-12-8/h2,5-7,9,11H,1,3-4,10H2. The summed E-state index contributed by atoms with van der Waals surface area (Å²) in [7, 11) is 0. The van der Waals surface area contributed by atoms with Crippen LogP contribution in [0.1, 0.15) is 30.2 Å². The fourth-order valence-electron chi connectivity index (χ4n) is 1.69. The lowest BCUT2D eigenvalue weighted by atomic mass is 9.79. The van der Waals surface area contributed by atoms with Crippen LogP contribution in [0.2, 0.25) is 0 Å². The van der Waals surface area contributed by atoms with Crippen LogP contribution in [0.25, 0.3) is 0 Å². The summed E-state index contributed by atoms with van der Waals surface area (Å²) in [6.45, 7) is 0. The van der Waals surface area contributed by atoms with Crippen molar-refractivity contribution in [3.05, 3.63) is 22.4 Å². The average molecular weight is 182 g/mol. The zero-order valence-electron chi connectivity index (χ0n) is 6.99. The van der Waals surface area contributed by atoms with Crippen molar-refractivity contribution in [2.24, 2.45) is 11.8 Å². The summed E-state index contributed by atoms with van der Waals surface area (Å²) >= 11 is 1.79. The first-order chi connectivity index (χ1) is 5.92. The highest BCUT2D eigenvalue weighted by Gasteiger charge is 2.27. The SMILES string of the molecule is NNC(c1cccs1)C1CCC1. The van der Waals surface area contributed by atoms with E-state index in [1.807, 2.05) is 0 Å². The topological polar surface area (TPSA) is 38.0 Å². The number of hydrogen-bond acceptors (Lipinski definition) is 3. The third kappa shape index (κ3) is 1.40. The van der Waals surface area contributed by atoms with Crippen LogP contribution in [0.15, 0.2) is 17.5 Å². The minimum Gasteiger partial charge on any atom is -0.271 e. The van der Waals surface area contributed by atoms with Crippen molar-refractivity contribution in [2.75, 3.05) is 0 Å². The summed E-state index contributed by atoms with van der Waals surface area (Å²) in [6.07, 6.45) is 4.02. The summed E-state index contributed by atoms with van der Waals surface area (Å²) in [4.78, 5) is 1.38. The van der Waals surface area contributed by atoms with Gasteiger partial charge in [0.1, 0.15) is 0 Å². The Morgan fingerprint density at radius 1 is 1.58 bits per heavy atom. The van der Waals surface area contributed by atoms with Gasteiger partial charge in [-0.25, -0.2) is 0 Å². The van der Waals surface area contributed by atoms with E-state index in [-0.39, 0.29) is 0 Å². The van der Waals surface area contributed by atoms with E-state index in [9.17, 15) is 0 Å². The molecule has 0 aliphatic heterocycles. The van der Waals surface area contributed by atoms with Crippen LogP contribution in [-0.4, -0.2) is 0 Å². The highest BCUT2D eigenvalue weighted by molar-refractivity contribution is 7.10. The second-order valence-electron chi connectivity index (χ2n) is 3.35. The van der Waals surface area contributed by atoms with E-state index in [0.29, 0.717) is 6.04 Å². The summed E-state index contributed by atoms with van der Waals surface area (Å²) in [5.74, 6) is 6.30. The normalized spacial score (nSPS) is 20.4. The Kier molecular flexibility index (Phi) is 2.44. The van der Waals surface area contributed by atoms with E-state index >= 15 is 0 Å². The smallest absolute Gasteiger partial charge is 0.0581 e. The summed E-state index contributed by atoms with van der Waals surface area (Å²) in [5, 5.41) is 2.11. The second kappa shape index (κ2) is 3.56. The summed E-state index contributed by atoms with van der Waals surface area (Å²) in [6, 6.07) is 4.65. The Labute approximate surface area is 76.8 Å². The third-order valence-corrected chi connectivity index (χ3v) is 3.61. The van der Waals surface area contributed by atoms with Gasteiger partial charge in [-0.2, -0.15) is 0 Å². The molecular formula is C9H14N2S. The van der Waals surface area contributed by atoms with Crippen molar-refractivity contribution in [3.63, 3.8) is 0 Å². The first kappa shape index (κ1) is 8.23. The summed E-state index contributed by atoms with van der Waals surface area (Å²) in [5.41, 5.74) is 2.92. The van der Waals surface area contributed by atoms with Gasteiger partial charge in [-0.05, 0) is 30.2 Å². The Morgan fingerprint density at radius 2 is 2.42 bits per heavy atom. The van der Waals surface area contributed by atoms with Crippen molar-refractivity contribution in [1.82, 2.24) is 5.43 Å². The van der Waals surface area contributed by atoms with Crippen LogP contribution in [-0.2, 0) is 0 Å². The molecule has 0 amide bonds. The molecule has 1 aromatic heterocycles. The quantitative estimate of drug-likeness (QED) is 0.554. The number of thiophene rings is 1. The maximum absolute atomic E-state index is 5.53. The van der Waals surface area contributed by atoms with Gasteiger partial charge in [-0.3, -0.25) is 11.3 Å². The predicted molar refractivity (Wildman–Crippen MR) is 51.7 cm³/mol. The van der Waals surface area contributed by atoms with E-state index in [0.717, 1.165) is 5.92 Å². The first-order valence-corrected chi connectivity index (χ1v) is 5.29. The zero-order valence-corrected chi connectivity index (χ0v) is 7.81. The van der Waals surface area contributed by atoms with Crippen LogP contribution < -0.4 is 11.3 Å². The molecule has 12 heavy (non-hydrogen) atoms. The fourth-order valence-corrected chi connectivity index (χ4v) is 2.57. The Balaban J connectivity index is 2.07. The lowest BCUT2D eigenvalue weighted by Gasteiger charge is -2.32. The van der Waals surface area contributed by atoms with E-state index < -0.39 is 0 Å². The molecule has 0 radical (unpaired) electrons. The van der Waals surface area contributed by atoms with Crippen molar-refractivity contribution >= 4 is 11.3 Å². The highest BCUT2D eigenvalue weighted by atomic mass is 32.1. The molecule has 0 bridgehead atoms. The minimum absolute atomic E-state index is 0.402. The lowest BCUT2D eigenvalue weighted by molar-refractivity contribution is 0.235. The minimum atomic E-state index is 0.402. The Bertz CT molecular complexity index is 229. The van der Waals surface area contributed by atoms with Gasteiger partial charge in [0.25, 0.3) is 0 Å². The van der Waals surface area contributed by atoms with Crippen LogP contribution in [0.4, 0.5) is 0 Å². The van der Waals surface area contributed by atoms with E-state index in [1.165, 1.54) is 24.1 Å². The summed E-state index contributed by atoms with van der Waals surface area (Å²) < 4.78 is 0. The fraction of sp³-hybridized carbons (Fsp3) is 0.556. The molecule has 1 aliphatic carbocycles. The second-order valence-corrected chi connectivity index (χ2v) is 4.33. The maximum Gasteiger partial charge on any atom is 0.0581 e. The zero-order chi connectivity index (χ0) is 8.39. The molecule has 0 spiro atoms. The molecule has 1 aromatic rings. The van der Waals surface area contributed by atoms with Crippen LogP contribution in [0, 0.1) is 5.92 Å². The van der Waals surface area contributed by atoms with Crippen molar-refractivity contribution in [2.45, 2.75) is 25.3 Å². The van der Waals surface area contributed by atoms with E-state index in [2.05, 4.69) is 22.9 Å². The highest BCUT2D eigenvalue weighted by Crippen LogP contribution is 2.38. The van der Waals surface area contributed by atoms with Crippen LogP contribution in [0.5, 0.6) is 0 Å². The van der Waals surface area contributed by atoms with Gasteiger partial charge in [0.2, 0.25) is 0 Å². The molecule has 1 aliphatic rings. The largest absolute Gasteiger partial charge is 0.271 e. The van der Waals surface area contributed by atoms with Gasteiger partial charge in [-0.1, -0.05) is 12.5 Å². The van der Waals surface area contributed by atoms with Crippen molar-refractivity contribution in [3.8, 4) is 0 Å². The number of hydrogen-bond donors (Lipinski definition) is 2. The molecular weight excluding hydrogens is 168 g/mol. The Morgan fingerprint density at radius 3 is 2.83 bits per heavy atom. The number of nitrogens with two attached hydrogens (primary N) is 1. The molecule has 1 unspecified atom stereocenters. The van der Waals surface area contributed by atoms with E-state index in [4.69, 9.17) is 5.84 Å². The average Bonchev–Trinajstić information content (AvgIpc) is 2.47. The van der Waals surface area contributed by atoms with Gasteiger partial charge in [0, 0.05) is 4.88 Å². The lowest BCUT2D eigenvalue weighted by Crippen LogP contribution is -2.35. The monoisotopic (exact) mass is 182 g/mol. The maximum atomic E-state index is 5.53. The molecule has 1 fully saturated rings. The van der Waals surface area contributed by atoms with Gasteiger partial charge >= 0.3 is 0 Å². The number of rotatable bonds is 3. The first-order valence-electron chi connectivity index (χ1n) is 4.41. The Hall–Kier alpha value is -0.380. The van der Waals surface area contributed by atoms with Crippen molar-refractivity contribution < 1.29 is 0 Å². The van der Waals surface area contributed by atoms with Gasteiger partial charge in [0.15, 0.2) is 0 Å². The molecule has 3 heteroatoms. The number of nitrogens with one attached hydrogen (secondary N) is 1. The molecule has 1 saturated carbocycles.